The summed E-state index contributed by atoms with van der Waals surface area (Å²) in [4.78, 5) is 24.4. The van der Waals surface area contributed by atoms with Gasteiger partial charge in [0.2, 0.25) is 5.91 Å². The highest BCUT2D eigenvalue weighted by Crippen LogP contribution is 2.32. The molecule has 0 spiro atoms. The van der Waals surface area contributed by atoms with Gasteiger partial charge in [-0.15, -0.1) is 0 Å². The third kappa shape index (κ3) is 5.99. The number of nitrogens with one attached hydrogen (secondary N) is 2. The lowest BCUT2D eigenvalue weighted by molar-refractivity contribution is -0.116. The summed E-state index contributed by atoms with van der Waals surface area (Å²) in [6.07, 6.45) is 6.02. The Bertz CT molecular complexity index is 875. The van der Waals surface area contributed by atoms with E-state index < -0.39 is 0 Å². The Hall–Kier alpha value is -3.02. The third-order valence-corrected chi connectivity index (χ3v) is 5.16. The van der Waals surface area contributed by atoms with Crippen molar-refractivity contribution in [1.29, 1.82) is 0 Å². The number of carbonyl (C=O) groups excluding carboxylic acids is 2. The molecule has 0 saturated heterocycles. The van der Waals surface area contributed by atoms with Gasteiger partial charge in [0.05, 0.1) is 13.2 Å². The largest absolute Gasteiger partial charge is 0.493 e. The zero-order chi connectivity index (χ0) is 21.3. The van der Waals surface area contributed by atoms with E-state index in [2.05, 4.69) is 10.6 Å². The second kappa shape index (κ2) is 10.7. The molecule has 1 aliphatic carbocycles. The van der Waals surface area contributed by atoms with Gasteiger partial charge in [-0.3, -0.25) is 9.59 Å². The fraction of sp³-hybridized carbons (Fsp3) is 0.417. The molecule has 2 amide bonds. The van der Waals surface area contributed by atoms with Crippen LogP contribution in [-0.2, 0) is 11.3 Å². The van der Waals surface area contributed by atoms with Gasteiger partial charge in [0.15, 0.2) is 11.5 Å². The number of hydrogen-bond donors (Lipinski definition) is 2. The van der Waals surface area contributed by atoms with Crippen LogP contribution in [0.4, 0.5) is 5.69 Å². The summed E-state index contributed by atoms with van der Waals surface area (Å²) in [5.41, 5.74) is 2.15. The molecule has 2 N–H and O–H groups in total. The molecule has 1 aliphatic rings. The number of methoxy groups -OCH3 is 1. The molecule has 0 aromatic heterocycles. The maximum atomic E-state index is 12.6. The number of ether oxygens (including phenoxy) is 2. The zero-order valence-electron chi connectivity index (χ0n) is 17.7. The van der Waals surface area contributed by atoms with E-state index in [1.807, 2.05) is 31.2 Å². The maximum absolute atomic E-state index is 12.6. The van der Waals surface area contributed by atoms with Crippen LogP contribution in [0.1, 0.15) is 61.4 Å². The molecule has 3 rings (SSSR count). The van der Waals surface area contributed by atoms with Crippen LogP contribution in [0.2, 0.25) is 0 Å². The Morgan fingerprint density at radius 2 is 1.87 bits per heavy atom. The lowest BCUT2D eigenvalue weighted by atomic mass is 10.1. The normalized spacial score (nSPS) is 13.7. The number of amides is 2. The van der Waals surface area contributed by atoms with E-state index in [1.54, 1.807) is 25.3 Å². The number of hydrogen-bond acceptors (Lipinski definition) is 4. The minimum Gasteiger partial charge on any atom is -0.493 e. The van der Waals surface area contributed by atoms with Crippen LogP contribution in [0.5, 0.6) is 11.5 Å². The predicted octanol–water partition coefficient (Wildman–Crippen LogP) is 4.69. The highest BCUT2D eigenvalue weighted by molar-refractivity contribution is 5.95. The average molecular weight is 411 g/mol. The molecule has 6 heteroatoms. The summed E-state index contributed by atoms with van der Waals surface area (Å²) in [7, 11) is 1.58. The van der Waals surface area contributed by atoms with Gasteiger partial charge in [-0.25, -0.2) is 0 Å². The molecule has 0 aliphatic heterocycles. The van der Waals surface area contributed by atoms with Crippen LogP contribution >= 0.6 is 0 Å². The summed E-state index contributed by atoms with van der Waals surface area (Å²) < 4.78 is 11.5. The topological polar surface area (TPSA) is 76.7 Å². The second-order valence-corrected chi connectivity index (χ2v) is 7.57. The molecule has 0 atom stereocenters. The molecule has 6 nitrogen and oxygen atoms in total. The van der Waals surface area contributed by atoms with Crippen molar-refractivity contribution < 1.29 is 19.1 Å². The van der Waals surface area contributed by atoms with Crippen molar-refractivity contribution in [2.45, 2.75) is 58.1 Å². The number of carbonyl (C=O) groups is 2. The van der Waals surface area contributed by atoms with Crippen LogP contribution in [-0.4, -0.2) is 25.0 Å². The molecular weight excluding hydrogens is 380 g/mol. The van der Waals surface area contributed by atoms with Crippen molar-refractivity contribution in [1.82, 2.24) is 5.32 Å². The Morgan fingerprint density at radius 3 is 2.60 bits per heavy atom. The summed E-state index contributed by atoms with van der Waals surface area (Å²) >= 11 is 0. The Morgan fingerprint density at radius 1 is 1.07 bits per heavy atom. The molecule has 0 unspecified atom stereocenters. The van der Waals surface area contributed by atoms with E-state index >= 15 is 0 Å². The maximum Gasteiger partial charge on any atom is 0.251 e. The molecule has 160 valence electrons. The highest BCUT2D eigenvalue weighted by Gasteiger charge is 2.19. The first kappa shape index (κ1) is 21.7. The molecule has 1 saturated carbocycles. The monoisotopic (exact) mass is 410 g/mol. The zero-order valence-corrected chi connectivity index (χ0v) is 17.7. The van der Waals surface area contributed by atoms with Crippen molar-refractivity contribution in [3.63, 3.8) is 0 Å². The number of rotatable bonds is 9. The van der Waals surface area contributed by atoms with Gasteiger partial charge in [-0.1, -0.05) is 19.1 Å². The second-order valence-electron chi connectivity index (χ2n) is 7.57. The van der Waals surface area contributed by atoms with E-state index in [1.165, 1.54) is 12.8 Å². The summed E-state index contributed by atoms with van der Waals surface area (Å²) in [6.45, 7) is 2.33. The minimum atomic E-state index is -0.193. The molecular formula is C24H30N2O4. The van der Waals surface area contributed by atoms with Crippen LogP contribution in [0.3, 0.4) is 0 Å². The Balaban J connectivity index is 1.60. The van der Waals surface area contributed by atoms with Crippen molar-refractivity contribution in [2.24, 2.45) is 0 Å². The van der Waals surface area contributed by atoms with Crippen molar-refractivity contribution in [3.8, 4) is 11.5 Å². The fourth-order valence-corrected chi connectivity index (χ4v) is 3.59. The van der Waals surface area contributed by atoms with Gasteiger partial charge in [0.25, 0.3) is 5.91 Å². The average Bonchev–Trinajstić information content (AvgIpc) is 3.26. The lowest BCUT2D eigenvalue weighted by Gasteiger charge is -2.16. The summed E-state index contributed by atoms with van der Waals surface area (Å²) in [5.74, 6) is 1.04. The third-order valence-electron chi connectivity index (χ3n) is 5.16. The molecule has 2 aromatic rings. The Labute approximate surface area is 178 Å². The molecule has 1 fully saturated rings. The van der Waals surface area contributed by atoms with Gasteiger partial charge in [-0.05, 0) is 68.0 Å². The van der Waals surface area contributed by atoms with E-state index in [0.29, 0.717) is 30.0 Å². The van der Waals surface area contributed by atoms with Crippen molar-refractivity contribution in [2.75, 3.05) is 12.4 Å². The Kier molecular flexibility index (Phi) is 7.71. The first-order valence-corrected chi connectivity index (χ1v) is 10.6. The van der Waals surface area contributed by atoms with Gasteiger partial charge < -0.3 is 20.1 Å². The minimum absolute atomic E-state index is 0.00862. The van der Waals surface area contributed by atoms with Crippen LogP contribution in [0.15, 0.2) is 42.5 Å². The first-order valence-electron chi connectivity index (χ1n) is 10.6. The molecule has 0 radical (unpaired) electrons. The summed E-state index contributed by atoms with van der Waals surface area (Å²) in [5, 5.41) is 5.79. The smallest absolute Gasteiger partial charge is 0.251 e. The van der Waals surface area contributed by atoms with Gasteiger partial charge in [-0.2, -0.15) is 0 Å². The van der Waals surface area contributed by atoms with E-state index in [-0.39, 0.29) is 17.9 Å². The van der Waals surface area contributed by atoms with Gasteiger partial charge in [0.1, 0.15) is 0 Å². The molecule has 0 heterocycles. The standard InChI is InChI=1S/C24H30N2O4/c1-3-7-23(27)26-19-9-6-8-17(14-19)16-25-24(28)18-12-13-21(22(15-18)29-2)30-20-10-4-5-11-20/h6,8-9,12-15,20H,3-5,7,10-11,16H2,1-2H3,(H,25,28)(H,26,27). The molecule has 30 heavy (non-hydrogen) atoms. The fourth-order valence-electron chi connectivity index (χ4n) is 3.59. The number of benzene rings is 2. The van der Waals surface area contributed by atoms with E-state index in [4.69, 9.17) is 9.47 Å². The highest BCUT2D eigenvalue weighted by atomic mass is 16.5. The lowest BCUT2D eigenvalue weighted by Crippen LogP contribution is -2.23. The van der Waals surface area contributed by atoms with E-state index in [0.717, 1.165) is 30.5 Å². The molecule has 0 bridgehead atoms. The van der Waals surface area contributed by atoms with E-state index in [9.17, 15) is 9.59 Å². The van der Waals surface area contributed by atoms with Gasteiger partial charge in [0, 0.05) is 24.2 Å². The van der Waals surface area contributed by atoms with Gasteiger partial charge >= 0.3 is 0 Å². The molecule has 2 aromatic carbocycles. The summed E-state index contributed by atoms with van der Waals surface area (Å²) in [6, 6.07) is 12.7. The van der Waals surface area contributed by atoms with Crippen LogP contribution in [0.25, 0.3) is 0 Å². The quantitative estimate of drug-likeness (QED) is 0.629. The van der Waals surface area contributed by atoms with Crippen LogP contribution < -0.4 is 20.1 Å². The number of anilines is 1. The van der Waals surface area contributed by atoms with Crippen molar-refractivity contribution >= 4 is 17.5 Å². The van der Waals surface area contributed by atoms with Crippen LogP contribution in [0, 0.1) is 0 Å². The SMILES string of the molecule is CCCC(=O)Nc1cccc(CNC(=O)c2ccc(OC3CCCC3)c(OC)c2)c1. The van der Waals surface area contributed by atoms with Crippen molar-refractivity contribution in [3.05, 3.63) is 53.6 Å². The predicted molar refractivity (Wildman–Crippen MR) is 117 cm³/mol. The first-order chi connectivity index (χ1) is 14.6.